The van der Waals surface area contributed by atoms with Crippen LogP contribution in [0.15, 0.2) is 55.6 Å². The van der Waals surface area contributed by atoms with Gasteiger partial charge in [-0.05, 0) is 37.7 Å². The van der Waals surface area contributed by atoms with E-state index in [-0.39, 0.29) is 34.4 Å². The molecule has 3 aliphatic heterocycles. The lowest BCUT2D eigenvalue weighted by molar-refractivity contribution is -0.145. The molecule has 1 aromatic carbocycles. The van der Waals surface area contributed by atoms with E-state index in [9.17, 15) is 19.5 Å². The fraction of sp³-hybridized carbons (Fsp3) is 0.594. The third-order valence-corrected chi connectivity index (χ3v) is 11.9. The van der Waals surface area contributed by atoms with Gasteiger partial charge in [0.15, 0.2) is 0 Å². The molecule has 3 heterocycles. The van der Waals surface area contributed by atoms with E-state index in [1.807, 2.05) is 35.2 Å². The third-order valence-electron chi connectivity index (χ3n) is 8.69. The molecule has 9 heteroatoms. The van der Waals surface area contributed by atoms with Gasteiger partial charge < -0.3 is 19.8 Å². The lowest BCUT2D eigenvalue weighted by atomic mass is 9.70. The van der Waals surface area contributed by atoms with E-state index in [2.05, 4.69) is 36.0 Å². The van der Waals surface area contributed by atoms with Gasteiger partial charge in [-0.3, -0.25) is 14.4 Å². The van der Waals surface area contributed by atoms with Gasteiger partial charge >= 0.3 is 0 Å². The second-order valence-electron chi connectivity index (χ2n) is 11.4. The van der Waals surface area contributed by atoms with E-state index in [0.717, 1.165) is 24.8 Å². The third kappa shape index (κ3) is 6.32. The van der Waals surface area contributed by atoms with E-state index in [1.54, 1.807) is 33.7 Å². The zero-order valence-electron chi connectivity index (χ0n) is 24.1. The minimum atomic E-state index is -0.664. The van der Waals surface area contributed by atoms with Crippen molar-refractivity contribution >= 4 is 45.4 Å². The molecular weight excluding hydrogens is 602 g/mol. The van der Waals surface area contributed by atoms with Crippen LogP contribution in [0.1, 0.15) is 51.0 Å². The van der Waals surface area contributed by atoms with Gasteiger partial charge in [0.1, 0.15) is 6.04 Å². The van der Waals surface area contributed by atoms with Crippen LogP contribution >= 0.6 is 27.7 Å². The lowest BCUT2D eigenvalue weighted by Gasteiger charge is -2.38. The average Bonchev–Trinajstić information content (AvgIpc) is 3.56. The second kappa shape index (κ2) is 14.4. The predicted octanol–water partition coefficient (Wildman–Crippen LogP) is 4.64. The summed E-state index contributed by atoms with van der Waals surface area (Å²) in [5, 5.41) is 9.21. The van der Waals surface area contributed by atoms with Gasteiger partial charge in [0, 0.05) is 49.4 Å². The summed E-state index contributed by atoms with van der Waals surface area (Å²) in [6, 6.07) is 9.25. The van der Waals surface area contributed by atoms with Crippen LogP contribution in [0.2, 0.25) is 0 Å². The lowest BCUT2D eigenvalue weighted by Crippen LogP contribution is -2.56. The molecule has 0 aromatic heterocycles. The van der Waals surface area contributed by atoms with Crippen LogP contribution in [0.4, 0.5) is 0 Å². The Hall–Kier alpha value is -2.10. The van der Waals surface area contributed by atoms with Crippen molar-refractivity contribution in [2.24, 2.45) is 11.8 Å². The van der Waals surface area contributed by atoms with Crippen molar-refractivity contribution < 1.29 is 19.5 Å². The first kappa shape index (κ1) is 31.8. The maximum Gasteiger partial charge on any atom is 0.247 e. The van der Waals surface area contributed by atoms with E-state index in [4.69, 9.17) is 0 Å². The van der Waals surface area contributed by atoms with Crippen LogP contribution in [0.3, 0.4) is 0 Å². The highest BCUT2D eigenvalue weighted by atomic mass is 79.9. The molecule has 1 aromatic rings. The minimum absolute atomic E-state index is 0.0286. The zero-order chi connectivity index (χ0) is 29.6. The summed E-state index contributed by atoms with van der Waals surface area (Å²) in [5.41, 5.74) is 1.02. The number of hydrogen-bond acceptors (Lipinski definition) is 5. The summed E-state index contributed by atoms with van der Waals surface area (Å²) in [6.45, 7) is 12.3. The van der Waals surface area contributed by atoms with Crippen molar-refractivity contribution in [1.82, 2.24) is 14.7 Å². The van der Waals surface area contributed by atoms with E-state index >= 15 is 0 Å². The zero-order valence-corrected chi connectivity index (χ0v) is 26.5. The molecule has 1 N–H and O–H groups in total. The fourth-order valence-electron chi connectivity index (χ4n) is 6.87. The van der Waals surface area contributed by atoms with Crippen LogP contribution in [0.25, 0.3) is 0 Å². The molecule has 7 nitrogen and oxygen atoms in total. The van der Waals surface area contributed by atoms with Crippen molar-refractivity contribution in [3.05, 3.63) is 61.2 Å². The molecule has 3 saturated heterocycles. The van der Waals surface area contributed by atoms with Crippen molar-refractivity contribution in [3.8, 4) is 0 Å². The number of likely N-dealkylation sites (tertiary alicyclic amines) is 1. The largest absolute Gasteiger partial charge is 0.396 e. The van der Waals surface area contributed by atoms with Gasteiger partial charge in [-0.25, -0.2) is 0 Å². The summed E-state index contributed by atoms with van der Waals surface area (Å²) in [6.07, 6.45) is 8.13. The number of hydrogen-bond donors (Lipinski definition) is 1. The molecule has 3 aliphatic rings. The van der Waals surface area contributed by atoms with Gasteiger partial charge in [-0.15, -0.1) is 24.9 Å². The Kier molecular flexibility index (Phi) is 11.2. The van der Waals surface area contributed by atoms with Gasteiger partial charge in [0.25, 0.3) is 0 Å². The number of rotatable bonds is 16. The van der Waals surface area contributed by atoms with Gasteiger partial charge in [0.05, 0.1) is 16.6 Å². The monoisotopic (exact) mass is 645 g/mol. The second-order valence-corrected chi connectivity index (χ2v) is 14.1. The number of unbranched alkanes of at least 4 members (excludes halogenated alkanes) is 3. The molecule has 0 saturated carbocycles. The summed E-state index contributed by atoms with van der Waals surface area (Å²) in [5.74, 6) is -1.23. The number of carbonyl (C=O) groups is 3. The minimum Gasteiger partial charge on any atom is -0.396 e. The van der Waals surface area contributed by atoms with Crippen LogP contribution < -0.4 is 0 Å². The Morgan fingerprint density at radius 1 is 1.10 bits per heavy atom. The van der Waals surface area contributed by atoms with E-state index in [1.165, 1.54) is 0 Å². The number of carbonyl (C=O) groups excluding carboxylic acids is 3. The quantitative estimate of drug-likeness (QED) is 0.161. The van der Waals surface area contributed by atoms with E-state index in [0.29, 0.717) is 52.0 Å². The van der Waals surface area contributed by atoms with Crippen LogP contribution in [-0.4, -0.2) is 91.2 Å². The SMILES string of the molecule is C=CCN(CCCC)C(=O)C1N(CCCCCO)C(=O)[C@@H]2[C@@H](C(=O)N(CC=C)Cc3ccccc3)[C@@H]3SC12CC3Br. The molecule has 3 unspecified atom stereocenters. The van der Waals surface area contributed by atoms with Gasteiger partial charge in [0.2, 0.25) is 17.7 Å². The topological polar surface area (TPSA) is 81.2 Å². The summed E-state index contributed by atoms with van der Waals surface area (Å²) >= 11 is 5.57. The smallest absolute Gasteiger partial charge is 0.247 e. The molecule has 0 aliphatic carbocycles. The Morgan fingerprint density at radius 2 is 1.80 bits per heavy atom. The average molecular weight is 647 g/mol. The number of nitrogens with zero attached hydrogens (tertiary/aromatic N) is 3. The van der Waals surface area contributed by atoms with E-state index < -0.39 is 22.6 Å². The number of aliphatic hydroxyl groups excluding tert-OH is 1. The first-order valence-electron chi connectivity index (χ1n) is 14.9. The number of halogens is 1. The molecule has 1 spiro atoms. The number of benzene rings is 1. The maximum atomic E-state index is 14.4. The highest BCUT2D eigenvalue weighted by Gasteiger charge is 2.75. The molecule has 4 rings (SSSR count). The molecule has 224 valence electrons. The number of fused-ring (bicyclic) bond motifs is 1. The summed E-state index contributed by atoms with van der Waals surface area (Å²) in [4.78, 5) is 48.6. The van der Waals surface area contributed by atoms with Crippen LogP contribution in [0.5, 0.6) is 0 Å². The van der Waals surface area contributed by atoms with Crippen LogP contribution in [-0.2, 0) is 20.9 Å². The first-order valence-corrected chi connectivity index (χ1v) is 16.7. The molecule has 2 bridgehead atoms. The number of thioether (sulfide) groups is 1. The predicted molar refractivity (Wildman–Crippen MR) is 169 cm³/mol. The van der Waals surface area contributed by atoms with Crippen LogP contribution in [0, 0.1) is 11.8 Å². The molecule has 0 radical (unpaired) electrons. The number of aliphatic hydroxyl groups is 1. The highest BCUT2D eigenvalue weighted by molar-refractivity contribution is 9.09. The normalized spacial score (nSPS) is 28.0. The Labute approximate surface area is 257 Å². The van der Waals surface area contributed by atoms with Crippen molar-refractivity contribution in [2.45, 2.75) is 72.9 Å². The molecule has 3 fully saturated rings. The Bertz CT molecular complexity index is 1100. The first-order chi connectivity index (χ1) is 19.8. The number of amides is 3. The Balaban J connectivity index is 1.70. The van der Waals surface area contributed by atoms with Crippen molar-refractivity contribution in [2.75, 3.05) is 32.8 Å². The number of alkyl halides is 1. The molecule has 3 amide bonds. The maximum absolute atomic E-state index is 14.4. The molecule has 6 atom stereocenters. The summed E-state index contributed by atoms with van der Waals surface area (Å²) < 4.78 is -0.664. The standard InChI is InChI=1S/C32H44BrN3O4S/c1-4-7-18-34(16-5-2)31(40)28-32-21-24(33)27(41-32)25(26(32)30(39)36(28)19-12-9-13-20-37)29(38)35(17-6-3)22-23-14-10-8-11-15-23/h5-6,8,10-11,14-15,24-28,37H,2-4,7,9,12-13,16-22H2,1H3/t24?,25-,26+,27-,28?,32?/m1/s1. The Morgan fingerprint density at radius 3 is 2.46 bits per heavy atom. The van der Waals surface area contributed by atoms with Gasteiger partial charge in [-0.1, -0.05) is 71.8 Å². The van der Waals surface area contributed by atoms with Crippen molar-refractivity contribution in [3.63, 3.8) is 0 Å². The summed E-state index contributed by atoms with van der Waals surface area (Å²) in [7, 11) is 0. The molecule has 41 heavy (non-hydrogen) atoms. The van der Waals surface area contributed by atoms with Gasteiger partial charge in [-0.2, -0.15) is 0 Å². The highest BCUT2D eigenvalue weighted by Crippen LogP contribution is 2.68. The van der Waals surface area contributed by atoms with Crippen molar-refractivity contribution in [1.29, 1.82) is 0 Å². The molecular formula is C32H44BrN3O4S. The fourth-order valence-corrected chi connectivity index (χ4v) is 10.5.